The predicted molar refractivity (Wildman–Crippen MR) is 74.2 cm³/mol. The Labute approximate surface area is 116 Å². The van der Waals surface area contributed by atoms with Crippen LogP contribution in [0.15, 0.2) is 22.7 Å². The fourth-order valence-electron chi connectivity index (χ4n) is 2.57. The molecular formula is C14H19BrFNO. The molecule has 0 bridgehead atoms. The van der Waals surface area contributed by atoms with Gasteiger partial charge >= 0.3 is 0 Å². The van der Waals surface area contributed by atoms with Crippen LogP contribution >= 0.6 is 15.9 Å². The van der Waals surface area contributed by atoms with Gasteiger partial charge in [-0.3, -0.25) is 0 Å². The molecule has 1 aliphatic rings. The molecule has 1 aromatic carbocycles. The molecule has 0 saturated carbocycles. The quantitative estimate of drug-likeness (QED) is 0.921. The van der Waals surface area contributed by atoms with Crippen LogP contribution in [0, 0.1) is 11.7 Å². The first kappa shape index (κ1) is 14.0. The molecule has 0 aliphatic carbocycles. The van der Waals surface area contributed by atoms with E-state index in [1.54, 1.807) is 12.1 Å². The number of hydrogen-bond donors (Lipinski definition) is 1. The maximum absolute atomic E-state index is 13.3. The Hall–Kier alpha value is -0.450. The van der Waals surface area contributed by atoms with E-state index in [0.717, 1.165) is 29.5 Å². The molecule has 18 heavy (non-hydrogen) atoms. The number of nitrogens with one attached hydrogen (secondary N) is 1. The number of ether oxygens (including phenoxy) is 1. The Bertz CT molecular complexity index is 413. The zero-order valence-electron chi connectivity index (χ0n) is 10.7. The molecule has 3 unspecified atom stereocenters. The normalized spacial score (nSPS) is 25.3. The molecule has 1 saturated heterocycles. The van der Waals surface area contributed by atoms with Gasteiger partial charge in [0.05, 0.1) is 12.7 Å². The van der Waals surface area contributed by atoms with E-state index < -0.39 is 0 Å². The predicted octanol–water partition coefficient (Wildman–Crippen LogP) is 3.14. The van der Waals surface area contributed by atoms with E-state index in [1.165, 1.54) is 6.07 Å². The van der Waals surface area contributed by atoms with Gasteiger partial charge in [-0.1, -0.05) is 15.9 Å². The highest BCUT2D eigenvalue weighted by molar-refractivity contribution is 9.10. The zero-order chi connectivity index (χ0) is 13.1. The zero-order valence-corrected chi connectivity index (χ0v) is 12.3. The molecule has 1 N–H and O–H groups in total. The first-order valence-corrected chi connectivity index (χ1v) is 7.12. The number of hydrogen-bond acceptors (Lipinski definition) is 2. The monoisotopic (exact) mass is 315 g/mol. The molecule has 100 valence electrons. The summed E-state index contributed by atoms with van der Waals surface area (Å²) in [6.45, 7) is 2.89. The van der Waals surface area contributed by atoms with E-state index in [0.29, 0.717) is 18.1 Å². The van der Waals surface area contributed by atoms with Gasteiger partial charge < -0.3 is 10.1 Å². The molecule has 1 aliphatic heterocycles. The lowest BCUT2D eigenvalue weighted by Gasteiger charge is -2.22. The summed E-state index contributed by atoms with van der Waals surface area (Å²) in [5.41, 5.74) is 1.01. The van der Waals surface area contributed by atoms with Crippen LogP contribution in [0.5, 0.6) is 0 Å². The van der Waals surface area contributed by atoms with E-state index in [-0.39, 0.29) is 5.82 Å². The van der Waals surface area contributed by atoms with Crippen molar-refractivity contribution in [2.75, 3.05) is 13.7 Å². The summed E-state index contributed by atoms with van der Waals surface area (Å²) in [6.07, 6.45) is 2.22. The second-order valence-corrected chi connectivity index (χ2v) is 5.83. The highest BCUT2D eigenvalue weighted by Crippen LogP contribution is 2.26. The molecule has 1 heterocycles. The minimum absolute atomic E-state index is 0.181. The maximum Gasteiger partial charge on any atom is 0.123 e. The topological polar surface area (TPSA) is 21.3 Å². The molecular weight excluding hydrogens is 297 g/mol. The van der Waals surface area contributed by atoms with Crippen molar-refractivity contribution in [3.05, 3.63) is 34.1 Å². The summed E-state index contributed by atoms with van der Waals surface area (Å²) in [5.74, 6) is 0.319. The Balaban J connectivity index is 2.08. The minimum atomic E-state index is -0.181. The summed E-state index contributed by atoms with van der Waals surface area (Å²) >= 11 is 3.48. The average Bonchev–Trinajstić information content (AvgIpc) is 2.77. The van der Waals surface area contributed by atoms with Gasteiger partial charge in [0.15, 0.2) is 0 Å². The second-order valence-electron chi connectivity index (χ2n) is 4.97. The smallest absolute Gasteiger partial charge is 0.123 e. The van der Waals surface area contributed by atoms with Gasteiger partial charge in [0, 0.05) is 16.4 Å². The highest BCUT2D eigenvalue weighted by Gasteiger charge is 2.29. The third-order valence-corrected chi connectivity index (χ3v) is 4.39. The largest absolute Gasteiger partial charge is 0.378 e. The molecule has 1 fully saturated rings. The lowest BCUT2D eigenvalue weighted by Crippen LogP contribution is -2.36. The van der Waals surface area contributed by atoms with Gasteiger partial charge in [-0.2, -0.15) is 0 Å². The Morgan fingerprint density at radius 1 is 1.56 bits per heavy atom. The lowest BCUT2D eigenvalue weighted by molar-refractivity contribution is 0.117. The Kier molecular flexibility index (Phi) is 4.76. The summed E-state index contributed by atoms with van der Waals surface area (Å²) in [5, 5.41) is 3.34. The van der Waals surface area contributed by atoms with Crippen molar-refractivity contribution in [2.24, 2.45) is 5.92 Å². The molecule has 0 radical (unpaired) electrons. The fourth-order valence-corrected chi connectivity index (χ4v) is 2.98. The van der Waals surface area contributed by atoms with Gasteiger partial charge in [-0.15, -0.1) is 0 Å². The summed E-state index contributed by atoms with van der Waals surface area (Å²) in [4.78, 5) is 0. The number of halogens is 2. The third-order valence-electron chi connectivity index (χ3n) is 3.62. The third kappa shape index (κ3) is 3.31. The van der Waals surface area contributed by atoms with E-state index >= 15 is 0 Å². The van der Waals surface area contributed by atoms with Crippen LogP contribution in [-0.4, -0.2) is 25.8 Å². The molecule has 4 heteroatoms. The van der Waals surface area contributed by atoms with Crippen LogP contribution in [-0.2, 0) is 11.2 Å². The summed E-state index contributed by atoms with van der Waals surface area (Å²) in [6, 6.07) is 5.18. The molecule has 0 amide bonds. The van der Waals surface area contributed by atoms with Crippen LogP contribution in [0.4, 0.5) is 4.39 Å². The van der Waals surface area contributed by atoms with Gasteiger partial charge in [0.25, 0.3) is 0 Å². The van der Waals surface area contributed by atoms with Crippen molar-refractivity contribution in [1.29, 1.82) is 0 Å². The van der Waals surface area contributed by atoms with Gasteiger partial charge in [0.2, 0.25) is 0 Å². The molecule has 2 nitrogen and oxygen atoms in total. The van der Waals surface area contributed by atoms with Crippen LogP contribution in [0.2, 0.25) is 0 Å². The van der Waals surface area contributed by atoms with Crippen molar-refractivity contribution in [3.8, 4) is 0 Å². The van der Waals surface area contributed by atoms with Crippen molar-refractivity contribution >= 4 is 15.9 Å². The van der Waals surface area contributed by atoms with Crippen molar-refractivity contribution in [2.45, 2.75) is 31.9 Å². The van der Waals surface area contributed by atoms with Gasteiger partial charge in [-0.25, -0.2) is 4.39 Å². The van der Waals surface area contributed by atoms with Crippen LogP contribution in [0.25, 0.3) is 0 Å². The molecule has 0 aromatic heterocycles. The van der Waals surface area contributed by atoms with Crippen LogP contribution < -0.4 is 5.32 Å². The van der Waals surface area contributed by atoms with Crippen LogP contribution in [0.3, 0.4) is 0 Å². The first-order valence-electron chi connectivity index (χ1n) is 6.33. The Morgan fingerprint density at radius 3 is 2.94 bits per heavy atom. The van der Waals surface area contributed by atoms with Crippen molar-refractivity contribution in [3.63, 3.8) is 0 Å². The lowest BCUT2D eigenvalue weighted by atomic mass is 9.91. The average molecular weight is 316 g/mol. The summed E-state index contributed by atoms with van der Waals surface area (Å²) in [7, 11) is 1.96. The summed E-state index contributed by atoms with van der Waals surface area (Å²) < 4.78 is 19.9. The maximum atomic E-state index is 13.3. The number of benzene rings is 1. The number of likely N-dealkylation sites (N-methyl/N-ethyl adjacent to an activating group) is 1. The van der Waals surface area contributed by atoms with Gasteiger partial charge in [0.1, 0.15) is 5.82 Å². The van der Waals surface area contributed by atoms with Crippen molar-refractivity contribution < 1.29 is 9.13 Å². The van der Waals surface area contributed by atoms with E-state index in [4.69, 9.17) is 4.74 Å². The SMILES string of the molecule is CNC(Cc1cc(F)ccc1Br)C1COC(C)C1. The molecule has 2 rings (SSSR count). The fraction of sp³-hybridized carbons (Fsp3) is 0.571. The van der Waals surface area contributed by atoms with E-state index in [2.05, 4.69) is 28.2 Å². The minimum Gasteiger partial charge on any atom is -0.378 e. The first-order chi connectivity index (χ1) is 8.60. The standard InChI is InChI=1S/C14H19BrFNO/c1-9-5-11(8-18-9)14(17-2)7-10-6-12(16)3-4-13(10)15/h3-4,6,9,11,14,17H,5,7-8H2,1-2H3. The molecule has 0 spiro atoms. The van der Waals surface area contributed by atoms with E-state index in [1.807, 2.05) is 7.05 Å². The second kappa shape index (κ2) is 6.13. The van der Waals surface area contributed by atoms with Crippen LogP contribution in [0.1, 0.15) is 18.9 Å². The van der Waals surface area contributed by atoms with Gasteiger partial charge in [-0.05, 0) is 50.6 Å². The van der Waals surface area contributed by atoms with Crippen molar-refractivity contribution in [1.82, 2.24) is 5.32 Å². The molecule has 3 atom stereocenters. The Morgan fingerprint density at radius 2 is 2.33 bits per heavy atom. The highest BCUT2D eigenvalue weighted by atomic mass is 79.9. The molecule has 1 aromatic rings. The van der Waals surface area contributed by atoms with E-state index in [9.17, 15) is 4.39 Å². The number of rotatable bonds is 4.